The summed E-state index contributed by atoms with van der Waals surface area (Å²) in [6.45, 7) is 6.27. The van der Waals surface area contributed by atoms with Gasteiger partial charge in [-0.3, -0.25) is 4.79 Å². The highest BCUT2D eigenvalue weighted by molar-refractivity contribution is 5.67. The Hall–Kier alpha value is -0.830. The van der Waals surface area contributed by atoms with E-state index in [1.807, 2.05) is 0 Å². The molecule has 0 bridgehead atoms. The van der Waals surface area contributed by atoms with Crippen molar-refractivity contribution in [2.75, 3.05) is 6.61 Å². The monoisotopic (exact) mass is 284 g/mol. The van der Waals surface area contributed by atoms with Gasteiger partial charge in [-0.15, -0.1) is 6.58 Å². The third-order valence-electron chi connectivity index (χ3n) is 3.48. The van der Waals surface area contributed by atoms with Gasteiger partial charge in [-0.2, -0.15) is 0 Å². The SMILES string of the molecule is C=CCO[C@H](CCCCCCCCCCC)CC(=O)O. The molecule has 3 nitrogen and oxygen atoms in total. The Balaban J connectivity index is 3.47. The van der Waals surface area contributed by atoms with Crippen molar-refractivity contribution < 1.29 is 14.6 Å². The highest BCUT2D eigenvalue weighted by Gasteiger charge is 2.12. The van der Waals surface area contributed by atoms with E-state index in [1.165, 1.54) is 51.4 Å². The molecule has 0 heterocycles. The van der Waals surface area contributed by atoms with Crippen LogP contribution in [0.5, 0.6) is 0 Å². The van der Waals surface area contributed by atoms with Gasteiger partial charge in [0.05, 0.1) is 19.1 Å². The van der Waals surface area contributed by atoms with E-state index in [4.69, 9.17) is 9.84 Å². The highest BCUT2D eigenvalue weighted by atomic mass is 16.5. The quantitative estimate of drug-likeness (QED) is 0.342. The molecule has 118 valence electrons. The van der Waals surface area contributed by atoms with Crippen LogP contribution in [0.15, 0.2) is 12.7 Å². The fraction of sp³-hybridized carbons (Fsp3) is 0.824. The van der Waals surface area contributed by atoms with Crippen LogP contribution in [0.4, 0.5) is 0 Å². The normalized spacial score (nSPS) is 12.2. The number of carbonyl (C=O) groups is 1. The molecule has 0 aliphatic carbocycles. The van der Waals surface area contributed by atoms with Crippen LogP contribution in [0.25, 0.3) is 0 Å². The second-order valence-corrected chi connectivity index (χ2v) is 5.46. The van der Waals surface area contributed by atoms with Crippen LogP contribution in [0.2, 0.25) is 0 Å². The van der Waals surface area contributed by atoms with Crippen molar-refractivity contribution in [2.45, 2.75) is 83.7 Å². The molecule has 0 aromatic carbocycles. The maximum absolute atomic E-state index is 10.7. The number of hydrogen-bond donors (Lipinski definition) is 1. The van der Waals surface area contributed by atoms with Gasteiger partial charge in [-0.05, 0) is 6.42 Å². The highest BCUT2D eigenvalue weighted by Crippen LogP contribution is 2.14. The van der Waals surface area contributed by atoms with Crippen molar-refractivity contribution in [2.24, 2.45) is 0 Å². The van der Waals surface area contributed by atoms with Gasteiger partial charge in [0, 0.05) is 0 Å². The van der Waals surface area contributed by atoms with Gasteiger partial charge in [0.2, 0.25) is 0 Å². The van der Waals surface area contributed by atoms with Crippen LogP contribution in [0.1, 0.15) is 77.6 Å². The van der Waals surface area contributed by atoms with Gasteiger partial charge in [-0.1, -0.05) is 70.8 Å². The molecular formula is C17H32O3. The number of ether oxygens (including phenoxy) is 1. The topological polar surface area (TPSA) is 46.5 Å². The molecule has 0 spiro atoms. The first kappa shape index (κ1) is 19.2. The molecule has 0 aliphatic rings. The summed E-state index contributed by atoms with van der Waals surface area (Å²) in [5, 5.41) is 8.82. The number of aliphatic carboxylic acids is 1. The second kappa shape index (κ2) is 14.6. The van der Waals surface area contributed by atoms with Crippen molar-refractivity contribution >= 4 is 5.97 Å². The molecule has 0 fully saturated rings. The molecule has 0 rings (SSSR count). The van der Waals surface area contributed by atoms with Crippen LogP contribution in [0.3, 0.4) is 0 Å². The van der Waals surface area contributed by atoms with Gasteiger partial charge in [0.15, 0.2) is 0 Å². The minimum atomic E-state index is -0.782. The summed E-state index contributed by atoms with van der Waals surface area (Å²) < 4.78 is 5.48. The average molecular weight is 284 g/mol. The van der Waals surface area contributed by atoms with Crippen LogP contribution in [0, 0.1) is 0 Å². The van der Waals surface area contributed by atoms with Crippen molar-refractivity contribution in [3.05, 3.63) is 12.7 Å². The zero-order chi connectivity index (χ0) is 15.1. The zero-order valence-corrected chi connectivity index (χ0v) is 13.1. The Morgan fingerprint density at radius 3 is 2.15 bits per heavy atom. The summed E-state index contributed by atoms with van der Waals surface area (Å²) in [6, 6.07) is 0. The van der Waals surface area contributed by atoms with Crippen molar-refractivity contribution in [1.82, 2.24) is 0 Å². The van der Waals surface area contributed by atoms with E-state index in [0.29, 0.717) is 6.61 Å². The zero-order valence-electron chi connectivity index (χ0n) is 13.1. The smallest absolute Gasteiger partial charge is 0.305 e. The molecule has 0 unspecified atom stereocenters. The third-order valence-corrected chi connectivity index (χ3v) is 3.48. The maximum Gasteiger partial charge on any atom is 0.305 e. The van der Waals surface area contributed by atoms with Gasteiger partial charge in [-0.25, -0.2) is 0 Å². The molecular weight excluding hydrogens is 252 g/mol. The second-order valence-electron chi connectivity index (χ2n) is 5.46. The summed E-state index contributed by atoms with van der Waals surface area (Å²) in [7, 11) is 0. The number of rotatable bonds is 15. The minimum absolute atomic E-state index is 0.102. The number of carboxylic acids is 1. The van der Waals surface area contributed by atoms with Crippen LogP contribution < -0.4 is 0 Å². The molecule has 3 heteroatoms. The van der Waals surface area contributed by atoms with E-state index in [1.54, 1.807) is 6.08 Å². The summed E-state index contributed by atoms with van der Waals surface area (Å²) in [6.07, 6.45) is 14.0. The summed E-state index contributed by atoms with van der Waals surface area (Å²) >= 11 is 0. The van der Waals surface area contributed by atoms with Crippen molar-refractivity contribution in [3.8, 4) is 0 Å². The molecule has 0 amide bonds. The molecule has 1 atom stereocenters. The Labute approximate surface area is 124 Å². The van der Waals surface area contributed by atoms with Gasteiger partial charge < -0.3 is 9.84 Å². The van der Waals surface area contributed by atoms with E-state index in [0.717, 1.165) is 12.8 Å². The standard InChI is InChI=1S/C17H32O3/c1-3-5-6-7-8-9-10-11-12-13-16(15-17(18)19)20-14-4-2/h4,16H,2-3,5-15H2,1H3,(H,18,19)/t16-/m1/s1. The van der Waals surface area contributed by atoms with E-state index in [9.17, 15) is 4.79 Å². The molecule has 0 radical (unpaired) electrons. The summed E-state index contributed by atoms with van der Waals surface area (Å²) in [4.78, 5) is 10.7. The molecule has 1 N–H and O–H groups in total. The number of unbranched alkanes of at least 4 members (excludes halogenated alkanes) is 8. The lowest BCUT2D eigenvalue weighted by Crippen LogP contribution is -2.17. The third kappa shape index (κ3) is 13.6. The summed E-state index contributed by atoms with van der Waals surface area (Å²) in [5.74, 6) is -0.782. The van der Waals surface area contributed by atoms with Gasteiger partial charge in [0.1, 0.15) is 0 Å². The fourth-order valence-electron chi connectivity index (χ4n) is 2.33. The van der Waals surface area contributed by atoms with E-state index in [-0.39, 0.29) is 12.5 Å². The van der Waals surface area contributed by atoms with Gasteiger partial charge in [0.25, 0.3) is 0 Å². The summed E-state index contributed by atoms with van der Waals surface area (Å²) in [5.41, 5.74) is 0. The van der Waals surface area contributed by atoms with Crippen molar-refractivity contribution in [3.63, 3.8) is 0 Å². The van der Waals surface area contributed by atoms with Crippen molar-refractivity contribution in [1.29, 1.82) is 0 Å². The molecule has 0 saturated heterocycles. The fourth-order valence-corrected chi connectivity index (χ4v) is 2.33. The average Bonchev–Trinajstić information content (AvgIpc) is 2.42. The Morgan fingerprint density at radius 2 is 1.65 bits per heavy atom. The number of carboxylic acid groups (broad SMARTS) is 1. The Kier molecular flexibility index (Phi) is 14.0. The minimum Gasteiger partial charge on any atom is -0.481 e. The van der Waals surface area contributed by atoms with Crippen LogP contribution in [-0.2, 0) is 9.53 Å². The number of hydrogen-bond acceptors (Lipinski definition) is 2. The first-order valence-electron chi connectivity index (χ1n) is 8.15. The molecule has 0 aromatic heterocycles. The van der Waals surface area contributed by atoms with E-state index >= 15 is 0 Å². The molecule has 0 aromatic rings. The maximum atomic E-state index is 10.7. The Bertz CT molecular complexity index is 238. The first-order valence-corrected chi connectivity index (χ1v) is 8.15. The molecule has 0 saturated carbocycles. The lowest BCUT2D eigenvalue weighted by Gasteiger charge is -2.14. The Morgan fingerprint density at radius 1 is 1.10 bits per heavy atom. The van der Waals surface area contributed by atoms with Crippen LogP contribution in [-0.4, -0.2) is 23.8 Å². The predicted octanol–water partition coefficient (Wildman–Crippen LogP) is 4.95. The molecule has 20 heavy (non-hydrogen) atoms. The predicted molar refractivity (Wildman–Crippen MR) is 84.0 cm³/mol. The first-order chi connectivity index (χ1) is 9.70. The van der Waals surface area contributed by atoms with Gasteiger partial charge >= 0.3 is 5.97 Å². The largest absolute Gasteiger partial charge is 0.481 e. The van der Waals surface area contributed by atoms with E-state index < -0.39 is 5.97 Å². The van der Waals surface area contributed by atoms with E-state index in [2.05, 4.69) is 13.5 Å². The molecule has 0 aliphatic heterocycles. The lowest BCUT2D eigenvalue weighted by atomic mass is 10.0. The van der Waals surface area contributed by atoms with Crippen LogP contribution >= 0.6 is 0 Å². The lowest BCUT2D eigenvalue weighted by molar-refractivity contribution is -0.140.